The SMILES string of the molecule is COO[PH+]=O. The Balaban J connectivity index is 2.40. The first kappa shape index (κ1) is 5.02. The normalized spacial score (nSPS) is 9.00. The van der Waals surface area contributed by atoms with E-state index in [-0.39, 0.29) is 0 Å². The third-order valence-corrected chi connectivity index (χ3v) is 0.352. The lowest BCUT2D eigenvalue weighted by Crippen LogP contribution is -1.65. The smallest absolute Gasteiger partial charge is 0.193 e. The van der Waals surface area contributed by atoms with Gasteiger partial charge in [-0.2, -0.15) is 4.89 Å². The minimum absolute atomic E-state index is 0.814. The molecule has 1 atom stereocenters. The molecular formula is CH4O3P+. The molecule has 3 nitrogen and oxygen atoms in total. The molecule has 0 aliphatic carbocycles. The van der Waals surface area contributed by atoms with Gasteiger partial charge in [0.05, 0.1) is 7.11 Å². The van der Waals surface area contributed by atoms with Crippen molar-refractivity contribution >= 4 is 8.69 Å². The molecule has 0 spiro atoms. The van der Waals surface area contributed by atoms with Crippen LogP contribution in [0.5, 0.6) is 0 Å². The lowest BCUT2D eigenvalue weighted by molar-refractivity contribution is -0.167. The number of hydrogen-bond donors (Lipinski definition) is 0. The van der Waals surface area contributed by atoms with E-state index >= 15 is 0 Å². The topological polar surface area (TPSA) is 35.5 Å². The predicted molar refractivity (Wildman–Crippen MR) is 17.1 cm³/mol. The van der Waals surface area contributed by atoms with Crippen molar-refractivity contribution in [3.05, 3.63) is 0 Å². The van der Waals surface area contributed by atoms with E-state index in [1.807, 2.05) is 0 Å². The molecule has 0 aromatic heterocycles. The van der Waals surface area contributed by atoms with Gasteiger partial charge < -0.3 is 0 Å². The molecule has 0 bridgehead atoms. The van der Waals surface area contributed by atoms with Crippen LogP contribution in [0.3, 0.4) is 0 Å². The average molecular weight is 95.0 g/mol. The van der Waals surface area contributed by atoms with Gasteiger partial charge in [0, 0.05) is 4.67 Å². The monoisotopic (exact) mass is 95.0 g/mol. The van der Waals surface area contributed by atoms with Gasteiger partial charge in [0.2, 0.25) is 0 Å². The fourth-order valence-electron chi connectivity index (χ4n) is 0.0340. The number of rotatable bonds is 2. The Morgan fingerprint density at radius 1 is 1.80 bits per heavy atom. The minimum atomic E-state index is -0.814. The first-order valence-electron chi connectivity index (χ1n) is 0.983. The van der Waals surface area contributed by atoms with Crippen molar-refractivity contribution in [3.8, 4) is 0 Å². The second-order valence-corrected chi connectivity index (χ2v) is 0.667. The highest BCUT2D eigenvalue weighted by atomic mass is 31.1. The molecule has 0 amide bonds. The summed E-state index contributed by atoms with van der Waals surface area (Å²) in [4.78, 5) is 3.89. The second-order valence-electron chi connectivity index (χ2n) is 0.333. The molecule has 0 aromatic carbocycles. The van der Waals surface area contributed by atoms with E-state index in [1.165, 1.54) is 7.11 Å². The van der Waals surface area contributed by atoms with Crippen LogP contribution in [0.1, 0.15) is 0 Å². The summed E-state index contributed by atoms with van der Waals surface area (Å²) in [6.45, 7) is 0. The molecule has 0 radical (unpaired) electrons. The fourth-order valence-corrected chi connectivity index (χ4v) is 0.102. The van der Waals surface area contributed by atoms with Crippen LogP contribution in [-0.4, -0.2) is 7.11 Å². The highest BCUT2D eigenvalue weighted by molar-refractivity contribution is 7.17. The fraction of sp³-hybridized carbons (Fsp3) is 1.00. The van der Waals surface area contributed by atoms with Crippen molar-refractivity contribution in [2.24, 2.45) is 0 Å². The molecule has 0 aliphatic heterocycles. The summed E-state index contributed by atoms with van der Waals surface area (Å²) in [5, 5.41) is 0. The molecule has 0 aliphatic rings. The summed E-state index contributed by atoms with van der Waals surface area (Å²) in [6.07, 6.45) is 0. The molecule has 0 heterocycles. The van der Waals surface area contributed by atoms with E-state index in [0.29, 0.717) is 0 Å². The van der Waals surface area contributed by atoms with Crippen molar-refractivity contribution in [1.29, 1.82) is 0 Å². The number of hydrogen-bond acceptors (Lipinski definition) is 3. The quantitative estimate of drug-likeness (QED) is 0.284. The molecule has 0 fully saturated rings. The Labute approximate surface area is 31.1 Å². The maximum Gasteiger partial charge on any atom is 0.526 e. The summed E-state index contributed by atoms with van der Waals surface area (Å²) in [6, 6.07) is 0. The van der Waals surface area contributed by atoms with E-state index in [2.05, 4.69) is 9.56 Å². The lowest BCUT2D eigenvalue weighted by Gasteiger charge is -1.65. The maximum atomic E-state index is 9.21. The maximum absolute atomic E-state index is 9.21. The molecule has 30 valence electrons. The van der Waals surface area contributed by atoms with Gasteiger partial charge in [-0.1, -0.05) is 0 Å². The Bertz CT molecular complexity index is 28.1. The molecule has 0 saturated carbocycles. The van der Waals surface area contributed by atoms with Crippen molar-refractivity contribution in [2.45, 2.75) is 0 Å². The van der Waals surface area contributed by atoms with Gasteiger partial charge >= 0.3 is 8.69 Å². The third kappa shape index (κ3) is 4.02. The van der Waals surface area contributed by atoms with Gasteiger partial charge in [-0.05, 0) is 4.57 Å². The van der Waals surface area contributed by atoms with Crippen LogP contribution in [0.2, 0.25) is 0 Å². The summed E-state index contributed by atoms with van der Waals surface area (Å²) >= 11 is 0. The zero-order chi connectivity index (χ0) is 4.12. The van der Waals surface area contributed by atoms with Crippen LogP contribution >= 0.6 is 8.69 Å². The van der Waals surface area contributed by atoms with Crippen molar-refractivity contribution < 1.29 is 14.1 Å². The molecule has 1 unspecified atom stereocenters. The summed E-state index contributed by atoms with van der Waals surface area (Å²) in [5.41, 5.74) is 0. The van der Waals surface area contributed by atoms with E-state index in [4.69, 9.17) is 0 Å². The van der Waals surface area contributed by atoms with E-state index in [9.17, 15) is 4.57 Å². The van der Waals surface area contributed by atoms with Gasteiger partial charge in [-0.15, -0.1) is 0 Å². The summed E-state index contributed by atoms with van der Waals surface area (Å²) in [7, 11) is 0.482. The van der Waals surface area contributed by atoms with Gasteiger partial charge in [0.15, 0.2) is 0 Å². The van der Waals surface area contributed by atoms with E-state index < -0.39 is 8.69 Å². The van der Waals surface area contributed by atoms with E-state index in [0.717, 1.165) is 0 Å². The van der Waals surface area contributed by atoms with Crippen LogP contribution in [0.4, 0.5) is 0 Å². The Morgan fingerprint density at radius 3 is 2.40 bits per heavy atom. The van der Waals surface area contributed by atoms with Crippen molar-refractivity contribution in [3.63, 3.8) is 0 Å². The molecule has 0 rings (SSSR count). The van der Waals surface area contributed by atoms with Crippen LogP contribution in [0, 0.1) is 0 Å². The van der Waals surface area contributed by atoms with Crippen molar-refractivity contribution in [1.82, 2.24) is 0 Å². The summed E-state index contributed by atoms with van der Waals surface area (Å²) < 4.78 is 13.0. The molecule has 0 N–H and O–H groups in total. The van der Waals surface area contributed by atoms with Crippen LogP contribution in [0.15, 0.2) is 0 Å². The van der Waals surface area contributed by atoms with Crippen molar-refractivity contribution in [2.75, 3.05) is 7.11 Å². The first-order valence-corrected chi connectivity index (χ1v) is 1.80. The first-order chi connectivity index (χ1) is 2.41. The predicted octanol–water partition coefficient (Wildman–Crippen LogP) is 0.503. The standard InChI is InChI=1S/CH4O3P/c1-3-4-5-2/h5H,1H3/q+1. The van der Waals surface area contributed by atoms with Crippen LogP contribution in [-0.2, 0) is 14.1 Å². The minimum Gasteiger partial charge on any atom is -0.193 e. The van der Waals surface area contributed by atoms with Gasteiger partial charge in [-0.25, -0.2) is 0 Å². The lowest BCUT2D eigenvalue weighted by atomic mass is 11.8. The Kier molecular flexibility index (Phi) is 4.04. The highest BCUT2D eigenvalue weighted by Crippen LogP contribution is 1.89. The molecule has 4 heteroatoms. The zero-order valence-electron chi connectivity index (χ0n) is 2.72. The summed E-state index contributed by atoms with van der Waals surface area (Å²) in [5.74, 6) is 0. The Morgan fingerprint density at radius 2 is 2.40 bits per heavy atom. The second kappa shape index (κ2) is 4.02. The van der Waals surface area contributed by atoms with Gasteiger partial charge in [0.25, 0.3) is 0 Å². The molecule has 0 aromatic rings. The molecular weight excluding hydrogens is 91.0 g/mol. The largest absolute Gasteiger partial charge is 0.526 e. The van der Waals surface area contributed by atoms with E-state index in [1.54, 1.807) is 0 Å². The zero-order valence-corrected chi connectivity index (χ0v) is 3.72. The van der Waals surface area contributed by atoms with Crippen LogP contribution in [0.25, 0.3) is 0 Å². The van der Waals surface area contributed by atoms with Gasteiger partial charge in [-0.3, -0.25) is 0 Å². The molecule has 5 heavy (non-hydrogen) atoms. The third-order valence-electron chi connectivity index (χ3n) is 0.117. The molecule has 0 saturated heterocycles. The van der Waals surface area contributed by atoms with Gasteiger partial charge in [0.1, 0.15) is 0 Å². The Hall–Kier alpha value is 0.0200. The van der Waals surface area contributed by atoms with Crippen LogP contribution < -0.4 is 0 Å². The average Bonchev–Trinajstić information content (AvgIpc) is 1.41. The highest BCUT2D eigenvalue weighted by Gasteiger charge is 1.78.